The molecule has 0 radical (unpaired) electrons. The quantitative estimate of drug-likeness (QED) is 0.602. The lowest BCUT2D eigenvalue weighted by Gasteiger charge is -2.30. The molecule has 1 heterocycles. The summed E-state index contributed by atoms with van der Waals surface area (Å²) in [7, 11) is 0. The second-order valence-corrected chi connectivity index (χ2v) is 8.91. The Labute approximate surface area is 180 Å². The smallest absolute Gasteiger partial charge is 0.260 e. The van der Waals surface area contributed by atoms with Crippen molar-refractivity contribution in [3.05, 3.63) is 59.7 Å². The standard InChI is InChI=1S/C26H33N3O/c1-4-8-23(9-5-2)29-24(30)26(21-14-15-21,28-25(29)27)22-13-7-12-20(17-22)19-11-6-10-18(3)16-19/h6-7,10-13,16-17,21,23H,4-5,8-9,14-15H2,1-3H3,(H2,27,28). The lowest BCUT2D eigenvalue weighted by Crippen LogP contribution is -2.47. The molecule has 30 heavy (non-hydrogen) atoms. The van der Waals surface area contributed by atoms with Crippen molar-refractivity contribution in [1.82, 2.24) is 10.2 Å². The fourth-order valence-electron chi connectivity index (χ4n) is 5.00. The van der Waals surface area contributed by atoms with Crippen LogP contribution in [0.1, 0.15) is 63.5 Å². The first-order chi connectivity index (χ1) is 14.5. The highest BCUT2D eigenvalue weighted by atomic mass is 16.2. The molecule has 0 aromatic heterocycles. The average Bonchev–Trinajstić information content (AvgIpc) is 3.54. The molecule has 2 aromatic rings. The Morgan fingerprint density at radius 3 is 2.30 bits per heavy atom. The topological polar surface area (TPSA) is 56.2 Å². The molecule has 4 nitrogen and oxygen atoms in total. The second-order valence-electron chi connectivity index (χ2n) is 8.91. The van der Waals surface area contributed by atoms with E-state index in [0.717, 1.165) is 55.2 Å². The van der Waals surface area contributed by atoms with Gasteiger partial charge in [-0.15, -0.1) is 0 Å². The number of benzene rings is 2. The van der Waals surface area contributed by atoms with Crippen LogP contribution in [0.15, 0.2) is 48.5 Å². The molecule has 1 amide bonds. The molecule has 4 rings (SSSR count). The molecule has 0 spiro atoms. The van der Waals surface area contributed by atoms with Crippen LogP contribution < -0.4 is 5.32 Å². The lowest BCUT2D eigenvalue weighted by molar-refractivity contribution is -0.134. The van der Waals surface area contributed by atoms with E-state index in [-0.39, 0.29) is 23.8 Å². The second kappa shape index (κ2) is 8.25. The molecule has 1 saturated heterocycles. The average molecular weight is 404 g/mol. The Morgan fingerprint density at radius 1 is 1.07 bits per heavy atom. The molecular weight excluding hydrogens is 370 g/mol. The van der Waals surface area contributed by atoms with Crippen molar-refractivity contribution in [3.8, 4) is 11.1 Å². The van der Waals surface area contributed by atoms with E-state index in [1.54, 1.807) is 4.90 Å². The van der Waals surface area contributed by atoms with Crippen molar-refractivity contribution in [2.45, 2.75) is 70.9 Å². The van der Waals surface area contributed by atoms with Gasteiger partial charge in [-0.05, 0) is 61.3 Å². The van der Waals surface area contributed by atoms with Crippen LogP contribution >= 0.6 is 0 Å². The number of hydrogen-bond acceptors (Lipinski definition) is 2. The summed E-state index contributed by atoms with van der Waals surface area (Å²) < 4.78 is 0. The molecule has 1 unspecified atom stereocenters. The van der Waals surface area contributed by atoms with Gasteiger partial charge in [0, 0.05) is 6.04 Å². The fourth-order valence-corrected chi connectivity index (χ4v) is 5.00. The van der Waals surface area contributed by atoms with E-state index in [1.807, 2.05) is 6.07 Å². The lowest BCUT2D eigenvalue weighted by atomic mass is 9.83. The van der Waals surface area contributed by atoms with Crippen molar-refractivity contribution >= 4 is 11.9 Å². The first-order valence-corrected chi connectivity index (χ1v) is 11.4. The number of guanidine groups is 1. The summed E-state index contributed by atoms with van der Waals surface area (Å²) in [5, 5.41) is 12.1. The molecule has 2 aromatic carbocycles. The maximum atomic E-state index is 13.9. The minimum absolute atomic E-state index is 0.0725. The van der Waals surface area contributed by atoms with Gasteiger partial charge in [0.1, 0.15) is 5.54 Å². The molecule has 1 aliphatic heterocycles. The molecule has 2 N–H and O–H groups in total. The van der Waals surface area contributed by atoms with Crippen LogP contribution in [0.5, 0.6) is 0 Å². The van der Waals surface area contributed by atoms with Crippen molar-refractivity contribution < 1.29 is 4.79 Å². The zero-order valence-electron chi connectivity index (χ0n) is 18.4. The number of carbonyl (C=O) groups excluding carboxylic acids is 1. The summed E-state index contributed by atoms with van der Waals surface area (Å²) in [6.45, 7) is 6.40. The SMILES string of the molecule is CCCC(CCC)N1C(=N)NC(c2cccc(-c3cccc(C)c3)c2)(C2CC2)C1=O. The molecule has 1 atom stereocenters. The minimum atomic E-state index is -0.795. The maximum Gasteiger partial charge on any atom is 0.260 e. The molecule has 1 saturated carbocycles. The molecule has 158 valence electrons. The van der Waals surface area contributed by atoms with E-state index in [2.05, 4.69) is 68.6 Å². The van der Waals surface area contributed by atoms with Crippen LogP contribution in [0, 0.1) is 18.3 Å². The van der Waals surface area contributed by atoms with Gasteiger partial charge in [-0.2, -0.15) is 0 Å². The zero-order chi connectivity index (χ0) is 21.3. The molecular formula is C26H33N3O. The molecule has 1 aliphatic carbocycles. The summed E-state index contributed by atoms with van der Waals surface area (Å²) in [6.07, 6.45) is 5.96. The van der Waals surface area contributed by atoms with Crippen molar-refractivity contribution in [1.29, 1.82) is 5.41 Å². The summed E-state index contributed by atoms with van der Waals surface area (Å²) in [4.78, 5) is 15.7. The normalized spacial score (nSPS) is 21.4. The van der Waals surface area contributed by atoms with E-state index in [9.17, 15) is 4.79 Å². The summed E-state index contributed by atoms with van der Waals surface area (Å²) in [5.41, 5.74) is 3.70. The Hall–Kier alpha value is -2.62. The van der Waals surface area contributed by atoms with E-state index in [1.165, 1.54) is 5.56 Å². The van der Waals surface area contributed by atoms with Gasteiger partial charge < -0.3 is 5.32 Å². The van der Waals surface area contributed by atoms with E-state index >= 15 is 0 Å². The van der Waals surface area contributed by atoms with Gasteiger partial charge in [0.2, 0.25) is 0 Å². The van der Waals surface area contributed by atoms with Gasteiger partial charge in [0.05, 0.1) is 0 Å². The highest BCUT2D eigenvalue weighted by Gasteiger charge is 2.60. The third-order valence-electron chi connectivity index (χ3n) is 6.58. The molecule has 0 bridgehead atoms. The third-order valence-corrected chi connectivity index (χ3v) is 6.58. The van der Waals surface area contributed by atoms with Crippen LogP contribution in [0.25, 0.3) is 11.1 Å². The van der Waals surface area contributed by atoms with Crippen molar-refractivity contribution in [2.75, 3.05) is 0 Å². The van der Waals surface area contributed by atoms with Gasteiger partial charge in [-0.3, -0.25) is 15.1 Å². The Bertz CT molecular complexity index is 943. The summed E-state index contributed by atoms with van der Waals surface area (Å²) >= 11 is 0. The zero-order valence-corrected chi connectivity index (χ0v) is 18.4. The van der Waals surface area contributed by atoms with E-state index in [4.69, 9.17) is 5.41 Å². The first-order valence-electron chi connectivity index (χ1n) is 11.4. The number of hydrogen-bond donors (Lipinski definition) is 2. The van der Waals surface area contributed by atoms with Crippen LogP contribution in [0.2, 0.25) is 0 Å². The van der Waals surface area contributed by atoms with Gasteiger partial charge in [0.25, 0.3) is 5.91 Å². The third kappa shape index (κ3) is 3.53. The molecule has 2 fully saturated rings. The minimum Gasteiger partial charge on any atom is -0.338 e. The first kappa shape index (κ1) is 20.6. The van der Waals surface area contributed by atoms with Gasteiger partial charge in [-0.1, -0.05) is 74.7 Å². The highest BCUT2D eigenvalue weighted by Crippen LogP contribution is 2.50. The highest BCUT2D eigenvalue weighted by molar-refractivity contribution is 6.09. The summed E-state index contributed by atoms with van der Waals surface area (Å²) in [6, 6.07) is 17.0. The van der Waals surface area contributed by atoms with Gasteiger partial charge in [-0.25, -0.2) is 0 Å². The van der Waals surface area contributed by atoms with Crippen LogP contribution in [-0.4, -0.2) is 22.8 Å². The largest absolute Gasteiger partial charge is 0.338 e. The fraction of sp³-hybridized carbons (Fsp3) is 0.462. The van der Waals surface area contributed by atoms with Crippen molar-refractivity contribution in [2.24, 2.45) is 5.92 Å². The molecule has 2 aliphatic rings. The van der Waals surface area contributed by atoms with Crippen LogP contribution in [0.3, 0.4) is 0 Å². The van der Waals surface area contributed by atoms with Crippen LogP contribution in [0.4, 0.5) is 0 Å². The monoisotopic (exact) mass is 403 g/mol. The Morgan fingerprint density at radius 2 is 1.70 bits per heavy atom. The Balaban J connectivity index is 1.75. The number of nitrogens with one attached hydrogen (secondary N) is 2. The number of carbonyl (C=O) groups is 1. The van der Waals surface area contributed by atoms with Gasteiger partial charge in [0.15, 0.2) is 5.96 Å². The molecule has 4 heteroatoms. The Kier molecular flexibility index (Phi) is 5.68. The van der Waals surface area contributed by atoms with Gasteiger partial charge >= 0.3 is 0 Å². The predicted molar refractivity (Wildman–Crippen MR) is 122 cm³/mol. The number of amides is 1. The van der Waals surface area contributed by atoms with Crippen molar-refractivity contribution in [3.63, 3.8) is 0 Å². The maximum absolute atomic E-state index is 13.9. The van der Waals surface area contributed by atoms with E-state index in [0.29, 0.717) is 0 Å². The van der Waals surface area contributed by atoms with E-state index < -0.39 is 5.54 Å². The predicted octanol–water partition coefficient (Wildman–Crippen LogP) is 5.60. The van der Waals surface area contributed by atoms with Crippen LogP contribution in [-0.2, 0) is 10.3 Å². The number of nitrogens with zero attached hydrogens (tertiary/aromatic N) is 1. The number of aryl methyl sites for hydroxylation is 1. The summed E-state index contributed by atoms with van der Waals surface area (Å²) in [5.74, 6) is 0.607. The number of rotatable bonds is 8.